The molecule has 0 radical (unpaired) electrons. The van der Waals surface area contributed by atoms with E-state index in [2.05, 4.69) is 5.32 Å². The van der Waals surface area contributed by atoms with Crippen LogP contribution in [0.4, 0.5) is 0 Å². The molecule has 2 aliphatic rings. The molecule has 2 rings (SSSR count). The molecule has 0 aliphatic carbocycles. The molecule has 2 atom stereocenters. The summed E-state index contributed by atoms with van der Waals surface area (Å²) in [4.78, 5) is 13.7. The van der Waals surface area contributed by atoms with E-state index in [4.69, 9.17) is 4.74 Å². The van der Waals surface area contributed by atoms with Gasteiger partial charge in [0.05, 0.1) is 18.6 Å². The highest BCUT2D eigenvalue weighted by Crippen LogP contribution is 2.18. The van der Waals surface area contributed by atoms with E-state index in [-0.39, 0.29) is 11.5 Å². The first kappa shape index (κ1) is 14.7. The third kappa shape index (κ3) is 3.90. The zero-order valence-electron chi connectivity index (χ0n) is 11.3. The van der Waals surface area contributed by atoms with Crippen LogP contribution in [0.2, 0.25) is 0 Å². The number of carbonyl (C=O) groups is 1. The van der Waals surface area contributed by atoms with Gasteiger partial charge in [0, 0.05) is 13.1 Å². The molecule has 2 aliphatic heterocycles. The summed E-state index contributed by atoms with van der Waals surface area (Å²) >= 11 is 0. The number of nitrogens with zero attached hydrogens (tertiary/aromatic N) is 1. The average Bonchev–Trinajstić information content (AvgIpc) is 2.41. The molecule has 0 aromatic heterocycles. The Balaban J connectivity index is 2.02. The van der Waals surface area contributed by atoms with Crippen molar-refractivity contribution in [3.63, 3.8) is 0 Å². The lowest BCUT2D eigenvalue weighted by Crippen LogP contribution is -2.55. The molecular weight excluding hydrogens is 268 g/mol. The van der Waals surface area contributed by atoms with Crippen LogP contribution in [-0.4, -0.2) is 70.1 Å². The van der Waals surface area contributed by atoms with Crippen LogP contribution >= 0.6 is 0 Å². The van der Waals surface area contributed by atoms with Crippen molar-refractivity contribution in [2.45, 2.75) is 18.9 Å². The number of ether oxygens (including phenoxy) is 1. The highest BCUT2D eigenvalue weighted by molar-refractivity contribution is 7.91. The first-order chi connectivity index (χ1) is 9.02. The summed E-state index contributed by atoms with van der Waals surface area (Å²) in [7, 11) is -1.81. The fourth-order valence-electron chi connectivity index (χ4n) is 2.82. The smallest absolute Gasteiger partial charge is 0.324 e. The molecule has 2 saturated heterocycles. The number of carbonyl (C=O) groups excluding carboxylic acids is 1. The number of sulfone groups is 1. The Morgan fingerprint density at radius 2 is 2.26 bits per heavy atom. The lowest BCUT2D eigenvalue weighted by molar-refractivity contribution is -0.146. The zero-order valence-corrected chi connectivity index (χ0v) is 12.1. The lowest BCUT2D eigenvalue weighted by Gasteiger charge is -2.36. The average molecular weight is 290 g/mol. The molecule has 6 nitrogen and oxygen atoms in total. The summed E-state index contributed by atoms with van der Waals surface area (Å²) in [6, 6.07) is -0.634. The van der Waals surface area contributed by atoms with E-state index in [0.717, 1.165) is 32.5 Å². The molecule has 0 spiro atoms. The Kier molecular flexibility index (Phi) is 4.81. The normalized spacial score (nSPS) is 31.8. The first-order valence-electron chi connectivity index (χ1n) is 6.75. The van der Waals surface area contributed by atoms with Crippen molar-refractivity contribution in [2.24, 2.45) is 5.92 Å². The topological polar surface area (TPSA) is 75.7 Å². The Morgan fingerprint density at radius 3 is 2.89 bits per heavy atom. The maximum atomic E-state index is 11.8. The molecule has 110 valence electrons. The molecule has 2 unspecified atom stereocenters. The van der Waals surface area contributed by atoms with Crippen LogP contribution in [0.1, 0.15) is 12.8 Å². The van der Waals surface area contributed by atoms with E-state index in [9.17, 15) is 13.2 Å². The van der Waals surface area contributed by atoms with Gasteiger partial charge in [-0.15, -0.1) is 0 Å². The number of rotatable bonds is 3. The Labute approximate surface area is 114 Å². The molecule has 0 bridgehead atoms. The predicted octanol–water partition coefficient (Wildman–Crippen LogP) is -0.742. The largest absolute Gasteiger partial charge is 0.468 e. The molecule has 1 N–H and O–H groups in total. The van der Waals surface area contributed by atoms with Crippen molar-refractivity contribution in [1.29, 1.82) is 0 Å². The highest BCUT2D eigenvalue weighted by atomic mass is 32.2. The second kappa shape index (κ2) is 6.19. The van der Waals surface area contributed by atoms with Gasteiger partial charge in [-0.2, -0.15) is 0 Å². The summed E-state index contributed by atoms with van der Waals surface area (Å²) in [6.45, 7) is 3.18. The number of hydrogen-bond acceptors (Lipinski definition) is 6. The van der Waals surface area contributed by atoms with Crippen molar-refractivity contribution in [3.8, 4) is 0 Å². The van der Waals surface area contributed by atoms with E-state index in [1.54, 1.807) is 0 Å². The Hall–Kier alpha value is -0.660. The lowest BCUT2D eigenvalue weighted by atomic mass is 9.98. The van der Waals surface area contributed by atoms with E-state index < -0.39 is 21.8 Å². The summed E-state index contributed by atoms with van der Waals surface area (Å²) in [6.07, 6.45) is 2.27. The summed E-state index contributed by atoms with van der Waals surface area (Å²) in [5.74, 6) is 0.0780. The SMILES string of the molecule is COC(=O)C1CS(=O)(=O)CCN1CC1CCCNC1. The quantitative estimate of drug-likeness (QED) is 0.690. The van der Waals surface area contributed by atoms with E-state index in [1.807, 2.05) is 4.90 Å². The molecular formula is C12H22N2O4S. The number of esters is 1. The molecule has 2 fully saturated rings. The van der Waals surface area contributed by atoms with Crippen molar-refractivity contribution >= 4 is 15.8 Å². The van der Waals surface area contributed by atoms with Crippen molar-refractivity contribution < 1.29 is 17.9 Å². The van der Waals surface area contributed by atoms with Crippen molar-refractivity contribution in [1.82, 2.24) is 10.2 Å². The maximum Gasteiger partial charge on any atom is 0.324 e. The van der Waals surface area contributed by atoms with E-state index in [1.165, 1.54) is 7.11 Å². The Morgan fingerprint density at radius 1 is 1.47 bits per heavy atom. The molecule has 2 heterocycles. The monoisotopic (exact) mass is 290 g/mol. The van der Waals surface area contributed by atoms with Crippen molar-refractivity contribution in [2.75, 3.05) is 44.8 Å². The summed E-state index contributed by atoms with van der Waals surface area (Å²) in [5, 5.41) is 3.34. The molecule has 7 heteroatoms. The maximum absolute atomic E-state index is 11.8. The highest BCUT2D eigenvalue weighted by Gasteiger charge is 2.37. The van der Waals surface area contributed by atoms with Gasteiger partial charge in [-0.25, -0.2) is 8.42 Å². The Bertz CT molecular complexity index is 417. The second-order valence-electron chi connectivity index (χ2n) is 5.36. The van der Waals surface area contributed by atoms with Gasteiger partial charge < -0.3 is 10.1 Å². The number of piperidine rings is 1. The van der Waals surface area contributed by atoms with Gasteiger partial charge in [0.1, 0.15) is 6.04 Å². The van der Waals surface area contributed by atoms with E-state index >= 15 is 0 Å². The third-order valence-corrected chi connectivity index (χ3v) is 5.54. The van der Waals surface area contributed by atoms with Crippen molar-refractivity contribution in [3.05, 3.63) is 0 Å². The minimum Gasteiger partial charge on any atom is -0.468 e. The van der Waals surface area contributed by atoms with Gasteiger partial charge in [0.25, 0.3) is 0 Å². The van der Waals surface area contributed by atoms with Gasteiger partial charge in [0.2, 0.25) is 0 Å². The standard InChI is InChI=1S/C12H22N2O4S/c1-18-12(15)11-9-19(16,17)6-5-14(11)8-10-3-2-4-13-7-10/h10-11,13H,2-9H2,1H3. The number of nitrogens with one attached hydrogen (secondary N) is 1. The van der Waals surface area contributed by atoms with Gasteiger partial charge in [-0.05, 0) is 31.8 Å². The minimum absolute atomic E-state index is 0.111. The minimum atomic E-state index is -3.12. The van der Waals surface area contributed by atoms with Gasteiger partial charge >= 0.3 is 5.97 Å². The zero-order chi connectivity index (χ0) is 13.9. The first-order valence-corrected chi connectivity index (χ1v) is 8.57. The molecule has 19 heavy (non-hydrogen) atoms. The molecule has 0 aromatic carbocycles. The molecule has 0 amide bonds. The summed E-state index contributed by atoms with van der Waals surface area (Å²) in [5.41, 5.74) is 0. The molecule has 0 saturated carbocycles. The van der Waals surface area contributed by atoms with Gasteiger partial charge in [-0.3, -0.25) is 9.69 Å². The van der Waals surface area contributed by atoms with Crippen LogP contribution in [0.25, 0.3) is 0 Å². The number of methoxy groups -OCH3 is 1. The predicted molar refractivity (Wildman–Crippen MR) is 71.6 cm³/mol. The van der Waals surface area contributed by atoms with Crippen LogP contribution in [0.15, 0.2) is 0 Å². The number of hydrogen-bond donors (Lipinski definition) is 1. The van der Waals surface area contributed by atoms with Crippen LogP contribution in [0, 0.1) is 5.92 Å². The third-order valence-electron chi connectivity index (χ3n) is 3.91. The van der Waals surface area contributed by atoms with Gasteiger partial charge in [-0.1, -0.05) is 0 Å². The second-order valence-corrected chi connectivity index (χ2v) is 7.59. The fraction of sp³-hybridized carbons (Fsp3) is 0.917. The van der Waals surface area contributed by atoms with Crippen LogP contribution in [0.5, 0.6) is 0 Å². The van der Waals surface area contributed by atoms with Gasteiger partial charge in [0.15, 0.2) is 9.84 Å². The van der Waals surface area contributed by atoms with Crippen LogP contribution in [0.3, 0.4) is 0 Å². The fourth-order valence-corrected chi connectivity index (χ4v) is 4.33. The molecule has 0 aromatic rings. The van der Waals surface area contributed by atoms with E-state index in [0.29, 0.717) is 12.5 Å². The van der Waals surface area contributed by atoms with Crippen LogP contribution < -0.4 is 5.32 Å². The summed E-state index contributed by atoms with van der Waals surface area (Å²) < 4.78 is 28.1. The van der Waals surface area contributed by atoms with Crippen LogP contribution in [-0.2, 0) is 19.4 Å².